The molecule has 5 nitrogen and oxygen atoms in total. The Morgan fingerprint density at radius 2 is 1.62 bits per heavy atom. The summed E-state index contributed by atoms with van der Waals surface area (Å²) in [5, 5.41) is 11.4. The molecule has 0 spiro atoms. The fourth-order valence-corrected chi connectivity index (χ4v) is 5.68. The van der Waals surface area contributed by atoms with Gasteiger partial charge in [0.2, 0.25) is 0 Å². The smallest absolute Gasteiger partial charge is 0.262 e. The largest absolute Gasteiger partial charge is 0.389 e. The molecule has 0 saturated carbocycles. The number of halogens is 2. The van der Waals surface area contributed by atoms with Crippen molar-refractivity contribution in [3.8, 4) is 0 Å². The van der Waals surface area contributed by atoms with Gasteiger partial charge in [0, 0.05) is 4.88 Å². The van der Waals surface area contributed by atoms with Crippen molar-refractivity contribution < 1.29 is 18.6 Å². The van der Waals surface area contributed by atoms with E-state index >= 15 is 0 Å². The number of benzene rings is 2. The minimum absolute atomic E-state index is 0.0337. The number of hydrogen-bond acceptors (Lipinski definition) is 5. The van der Waals surface area contributed by atoms with E-state index in [0.717, 1.165) is 36.1 Å². The Balaban J connectivity index is 1.34. The van der Waals surface area contributed by atoms with Gasteiger partial charge in [-0.15, -0.1) is 11.3 Å². The Kier molecular flexibility index (Phi) is 6.54. The van der Waals surface area contributed by atoms with Crippen molar-refractivity contribution in [2.24, 2.45) is 0 Å². The van der Waals surface area contributed by atoms with Crippen LogP contribution in [0, 0.1) is 11.6 Å². The predicted octanol–water partition coefficient (Wildman–Crippen LogP) is 4.78. The summed E-state index contributed by atoms with van der Waals surface area (Å²) in [4.78, 5) is 19.6. The first kappa shape index (κ1) is 22.8. The highest BCUT2D eigenvalue weighted by molar-refractivity contribution is 7.18. The van der Waals surface area contributed by atoms with Gasteiger partial charge in [0.05, 0.1) is 31.0 Å². The number of ether oxygens (including phenoxy) is 1. The first-order chi connectivity index (χ1) is 16.5. The van der Waals surface area contributed by atoms with Gasteiger partial charge in [0.1, 0.15) is 22.6 Å². The quantitative estimate of drug-likeness (QED) is 0.412. The number of fused-ring (bicyclic) bond motifs is 3. The molecule has 0 aliphatic heterocycles. The minimum Gasteiger partial charge on any atom is -0.389 e. The van der Waals surface area contributed by atoms with Crippen LogP contribution in [0.5, 0.6) is 0 Å². The lowest BCUT2D eigenvalue weighted by Crippen LogP contribution is -2.30. The summed E-state index contributed by atoms with van der Waals surface area (Å²) in [5.74, 6) is -0.751. The molecule has 176 valence electrons. The van der Waals surface area contributed by atoms with Crippen molar-refractivity contribution in [2.75, 3.05) is 6.61 Å². The molecule has 0 saturated heterocycles. The summed E-state index contributed by atoms with van der Waals surface area (Å²) < 4.78 is 34.3. The second-order valence-corrected chi connectivity index (χ2v) is 9.65. The van der Waals surface area contributed by atoms with E-state index < -0.39 is 12.2 Å². The molecule has 1 aliphatic carbocycles. The monoisotopic (exact) mass is 482 g/mol. The molecule has 1 unspecified atom stereocenters. The van der Waals surface area contributed by atoms with E-state index in [1.165, 1.54) is 40.0 Å². The molecule has 1 atom stereocenters. The third-order valence-electron chi connectivity index (χ3n) is 6.15. The van der Waals surface area contributed by atoms with E-state index in [4.69, 9.17) is 4.74 Å². The first-order valence-corrected chi connectivity index (χ1v) is 12.1. The summed E-state index contributed by atoms with van der Waals surface area (Å²) in [6, 6.07) is 11.7. The van der Waals surface area contributed by atoms with E-state index in [1.807, 2.05) is 0 Å². The number of aliphatic hydroxyl groups excluding tert-OH is 1. The Labute approximate surface area is 199 Å². The van der Waals surface area contributed by atoms with E-state index in [2.05, 4.69) is 4.98 Å². The molecule has 0 fully saturated rings. The second-order valence-electron chi connectivity index (χ2n) is 8.56. The number of aryl methyl sites for hydroxylation is 2. The molecular formula is C26H24F2N2O3S. The number of rotatable bonds is 7. The maximum absolute atomic E-state index is 13.4. The zero-order chi connectivity index (χ0) is 23.7. The number of nitrogens with zero attached hydrogens (tertiary/aromatic N) is 2. The van der Waals surface area contributed by atoms with Crippen molar-refractivity contribution in [2.45, 2.75) is 44.4 Å². The highest BCUT2D eigenvalue weighted by atomic mass is 32.1. The van der Waals surface area contributed by atoms with Crippen molar-refractivity contribution in [1.82, 2.24) is 9.55 Å². The maximum atomic E-state index is 13.4. The average molecular weight is 483 g/mol. The fraction of sp³-hybridized carbons (Fsp3) is 0.308. The number of aromatic nitrogens is 2. The Morgan fingerprint density at radius 1 is 1.00 bits per heavy atom. The molecule has 1 N–H and O–H groups in total. The van der Waals surface area contributed by atoms with Crippen LogP contribution in [0.3, 0.4) is 0 Å². The van der Waals surface area contributed by atoms with Gasteiger partial charge in [-0.2, -0.15) is 0 Å². The van der Waals surface area contributed by atoms with Crippen LogP contribution in [0.4, 0.5) is 8.78 Å². The summed E-state index contributed by atoms with van der Waals surface area (Å²) in [6.45, 7) is -0.0441. The predicted molar refractivity (Wildman–Crippen MR) is 127 cm³/mol. The van der Waals surface area contributed by atoms with Crippen molar-refractivity contribution in [3.05, 3.63) is 98.4 Å². The molecular weight excluding hydrogens is 458 g/mol. The third kappa shape index (κ3) is 4.66. The van der Waals surface area contributed by atoms with Gasteiger partial charge in [0.25, 0.3) is 5.56 Å². The number of hydrogen-bond donors (Lipinski definition) is 1. The minimum atomic E-state index is -0.977. The van der Waals surface area contributed by atoms with Crippen LogP contribution >= 0.6 is 11.3 Å². The molecule has 0 amide bonds. The van der Waals surface area contributed by atoms with Crippen molar-refractivity contribution in [3.63, 3.8) is 0 Å². The van der Waals surface area contributed by atoms with Crippen LogP contribution in [0.1, 0.15) is 40.5 Å². The zero-order valence-corrected chi connectivity index (χ0v) is 19.2. The van der Waals surface area contributed by atoms with Gasteiger partial charge in [-0.25, -0.2) is 13.8 Å². The molecule has 8 heteroatoms. The molecule has 5 rings (SSSR count). The highest BCUT2D eigenvalue weighted by Crippen LogP contribution is 2.33. The molecule has 1 aliphatic rings. The van der Waals surface area contributed by atoms with E-state index in [1.54, 1.807) is 35.6 Å². The van der Waals surface area contributed by atoms with Gasteiger partial charge < -0.3 is 9.84 Å². The van der Waals surface area contributed by atoms with Crippen molar-refractivity contribution in [1.29, 1.82) is 0 Å². The van der Waals surface area contributed by atoms with Gasteiger partial charge in [-0.05, 0) is 66.6 Å². The standard InChI is InChI=1S/C26H24F2N2O3S/c27-18-9-5-16(6-10-18)24(17-7-11-19(28)12-8-17)33-14-20(31)13-30-15-29-25-23(26(30)32)21-3-1-2-4-22(21)34-25/h5-12,15,20,24,31H,1-4,13-14H2. The van der Waals surface area contributed by atoms with E-state index in [9.17, 15) is 18.7 Å². The van der Waals surface area contributed by atoms with Crippen LogP contribution in [0.25, 0.3) is 10.2 Å². The normalized spacial score (nSPS) is 14.5. The lowest BCUT2D eigenvalue weighted by molar-refractivity contribution is -0.00103. The first-order valence-electron chi connectivity index (χ1n) is 11.3. The van der Waals surface area contributed by atoms with E-state index in [0.29, 0.717) is 16.5 Å². The SMILES string of the molecule is O=c1c2c3c(sc2ncn1CC(O)COC(c1ccc(F)cc1)c1ccc(F)cc1)CCCC3. The molecule has 4 aromatic rings. The summed E-state index contributed by atoms with van der Waals surface area (Å²) in [7, 11) is 0. The van der Waals surface area contributed by atoms with Crippen LogP contribution in [0.2, 0.25) is 0 Å². The summed E-state index contributed by atoms with van der Waals surface area (Å²) in [5.41, 5.74) is 2.31. The molecule has 34 heavy (non-hydrogen) atoms. The topological polar surface area (TPSA) is 64.4 Å². The van der Waals surface area contributed by atoms with Gasteiger partial charge in [0.15, 0.2) is 0 Å². The molecule has 0 bridgehead atoms. The maximum Gasteiger partial charge on any atom is 0.262 e. The van der Waals surface area contributed by atoms with Gasteiger partial charge in [-0.1, -0.05) is 24.3 Å². The van der Waals surface area contributed by atoms with Gasteiger partial charge >= 0.3 is 0 Å². The Morgan fingerprint density at radius 3 is 2.26 bits per heavy atom. The Hall–Kier alpha value is -2.94. The fourth-order valence-electron chi connectivity index (χ4n) is 4.46. The molecule has 2 aromatic heterocycles. The van der Waals surface area contributed by atoms with Crippen LogP contribution < -0.4 is 5.56 Å². The number of thiophene rings is 1. The molecule has 2 aromatic carbocycles. The highest BCUT2D eigenvalue weighted by Gasteiger charge is 2.22. The summed E-state index contributed by atoms with van der Waals surface area (Å²) >= 11 is 1.59. The lowest BCUT2D eigenvalue weighted by Gasteiger charge is -2.21. The average Bonchev–Trinajstić information content (AvgIpc) is 3.22. The Bertz CT molecular complexity index is 1300. The number of aliphatic hydroxyl groups is 1. The van der Waals surface area contributed by atoms with E-state index in [-0.39, 0.29) is 30.3 Å². The second kappa shape index (κ2) is 9.74. The van der Waals surface area contributed by atoms with Crippen molar-refractivity contribution >= 4 is 21.6 Å². The van der Waals surface area contributed by atoms with Crippen LogP contribution in [-0.2, 0) is 24.1 Å². The molecule has 2 heterocycles. The van der Waals surface area contributed by atoms with Crippen LogP contribution in [0.15, 0.2) is 59.7 Å². The zero-order valence-electron chi connectivity index (χ0n) is 18.4. The molecule has 0 radical (unpaired) electrons. The summed E-state index contributed by atoms with van der Waals surface area (Å²) in [6.07, 6.45) is 3.95. The third-order valence-corrected chi connectivity index (χ3v) is 7.35. The lowest BCUT2D eigenvalue weighted by atomic mass is 9.97. The van der Waals surface area contributed by atoms with Crippen LogP contribution in [-0.4, -0.2) is 27.4 Å². The van der Waals surface area contributed by atoms with Gasteiger partial charge in [-0.3, -0.25) is 9.36 Å².